The molecule has 22 heteroatoms. The van der Waals surface area contributed by atoms with Crippen LogP contribution in [0.4, 0.5) is 0 Å². The second-order valence-corrected chi connectivity index (χ2v) is 28.8. The summed E-state index contributed by atoms with van der Waals surface area (Å²) in [6.07, 6.45) is 5.66. The summed E-state index contributed by atoms with van der Waals surface area (Å²) in [6, 6.07) is 0. The van der Waals surface area contributed by atoms with Gasteiger partial charge in [-0.25, -0.2) is 37.7 Å². The molecule has 3 aliphatic carbocycles. The van der Waals surface area contributed by atoms with Crippen LogP contribution in [0.25, 0.3) is 0 Å². The summed E-state index contributed by atoms with van der Waals surface area (Å²) >= 11 is 0. The molecule has 21 nitrogen and oxygen atoms in total. The maximum atomic E-state index is 14.3. The molecular weight excluding hydrogens is 1040 g/mol. The van der Waals surface area contributed by atoms with Crippen molar-refractivity contribution in [1.29, 1.82) is 0 Å². The molecule has 1 N–H and O–H groups in total. The Morgan fingerprint density at radius 3 is 1.04 bits per heavy atom. The van der Waals surface area contributed by atoms with Gasteiger partial charge in [-0.1, -0.05) is 41.5 Å². The number of carbonyl (C=O) groups excluding carboxylic acids is 3. The van der Waals surface area contributed by atoms with Gasteiger partial charge in [0.25, 0.3) is 0 Å². The SMILES string of the molecule is C[C@@H]1CC[C@H]2[C@@H](C)C(CC(=O)OCC(COC(=O)CC3O[C@@H]4O[C@@]5(C)CC[C@H]6[C@H](C)CC[C@@H]([C@H]3C)[C@@]46OO5)(COC(=O)CC3O[C@@H]4O[C@@]5(C)CC[C@H]6[C@H](C)CC[C@@H]([C@H]3C)[C@@]46OO5)NS(C)(=O)=O)O[C@@H]3O[C@@]4(C)CC[C@@H]1[C@]32OO4. The van der Waals surface area contributed by atoms with Gasteiger partial charge in [0.1, 0.15) is 25.4 Å². The van der Waals surface area contributed by atoms with Crippen LogP contribution in [-0.2, 0) is 96.4 Å². The lowest BCUT2D eigenvalue weighted by Gasteiger charge is -2.60. The van der Waals surface area contributed by atoms with Gasteiger partial charge in [0.2, 0.25) is 27.4 Å². The largest absolute Gasteiger partial charge is 0.463 e. The summed E-state index contributed by atoms with van der Waals surface area (Å²) in [6.45, 7) is 16.3. The van der Waals surface area contributed by atoms with Crippen molar-refractivity contribution in [1.82, 2.24) is 4.72 Å². The molecule has 3 saturated carbocycles. The van der Waals surface area contributed by atoms with E-state index in [4.69, 9.17) is 72.0 Å². The minimum absolute atomic E-state index is 0.0573. The third kappa shape index (κ3) is 9.34. The molecule has 15 aliphatic rings. The first-order valence-electron chi connectivity index (χ1n) is 29.4. The highest BCUT2D eigenvalue weighted by atomic mass is 32.2. The Hall–Kier alpha value is -2.16. The number of sulfonamides is 1. The fourth-order valence-corrected chi connectivity index (χ4v) is 18.5. The van der Waals surface area contributed by atoms with E-state index in [1.165, 1.54) is 0 Å². The quantitative estimate of drug-likeness (QED) is 0.107. The van der Waals surface area contributed by atoms with Gasteiger partial charge in [0.05, 0.1) is 43.8 Å². The number of rotatable bonds is 14. The molecule has 12 saturated heterocycles. The number of fused-ring (bicyclic) bond motifs is 6. The van der Waals surface area contributed by atoms with Crippen molar-refractivity contribution in [3.05, 3.63) is 0 Å². The van der Waals surface area contributed by atoms with Crippen molar-refractivity contribution in [3.8, 4) is 0 Å². The Labute approximate surface area is 458 Å². The number of nitrogens with one attached hydrogen (secondary N) is 1. The molecule has 440 valence electrons. The lowest BCUT2D eigenvalue weighted by Crippen LogP contribution is -2.70. The Morgan fingerprint density at radius 1 is 0.462 bits per heavy atom. The molecule has 12 aliphatic heterocycles. The second-order valence-electron chi connectivity index (χ2n) is 27.1. The van der Waals surface area contributed by atoms with Gasteiger partial charge in [-0.05, 0) is 132 Å². The highest BCUT2D eigenvalue weighted by Crippen LogP contribution is 2.64. The molecule has 15 rings (SSSR count). The molecule has 78 heavy (non-hydrogen) atoms. The number of hydrogen-bond donors (Lipinski definition) is 1. The topological polar surface area (TPSA) is 236 Å². The molecule has 0 aromatic carbocycles. The molecule has 12 heterocycles. The Bertz CT molecular complexity index is 2200. The molecule has 0 amide bonds. The Morgan fingerprint density at radius 2 is 0.756 bits per heavy atom. The van der Waals surface area contributed by atoms with E-state index in [1.54, 1.807) is 0 Å². The molecule has 0 aromatic rings. The average molecular weight is 1120 g/mol. The van der Waals surface area contributed by atoms with E-state index < -0.39 is 125 Å². The van der Waals surface area contributed by atoms with E-state index in [2.05, 4.69) is 25.5 Å². The normalized spacial score (nSPS) is 51.5. The van der Waals surface area contributed by atoms with Crippen LogP contribution in [0.3, 0.4) is 0 Å². The van der Waals surface area contributed by atoms with Crippen molar-refractivity contribution in [3.63, 3.8) is 0 Å². The second kappa shape index (κ2) is 20.0. The Kier molecular flexibility index (Phi) is 14.4. The average Bonchev–Trinajstić information content (AvgIpc) is 4.08. The number of hydrogen-bond acceptors (Lipinski definition) is 20. The molecule has 3 spiro atoms. The van der Waals surface area contributed by atoms with Crippen LogP contribution in [0.1, 0.15) is 159 Å². The van der Waals surface area contributed by atoms with Gasteiger partial charge in [-0.3, -0.25) is 14.4 Å². The van der Waals surface area contributed by atoms with Crippen LogP contribution in [0.15, 0.2) is 0 Å². The zero-order valence-electron chi connectivity index (χ0n) is 47.2. The maximum Gasteiger partial charge on any atom is 0.308 e. The monoisotopic (exact) mass is 1120 g/mol. The zero-order valence-corrected chi connectivity index (χ0v) is 48.0. The van der Waals surface area contributed by atoms with E-state index in [9.17, 15) is 22.8 Å². The first-order chi connectivity index (χ1) is 36.8. The highest BCUT2D eigenvalue weighted by molar-refractivity contribution is 7.88. The van der Waals surface area contributed by atoms with E-state index in [1.807, 2.05) is 41.5 Å². The van der Waals surface area contributed by atoms with E-state index in [0.29, 0.717) is 37.0 Å². The summed E-state index contributed by atoms with van der Waals surface area (Å²) in [4.78, 5) is 79.7. The van der Waals surface area contributed by atoms with Gasteiger partial charge >= 0.3 is 17.9 Å². The van der Waals surface area contributed by atoms with Crippen molar-refractivity contribution in [2.45, 2.75) is 236 Å². The van der Waals surface area contributed by atoms with Gasteiger partial charge < -0.3 is 42.6 Å². The summed E-state index contributed by atoms with van der Waals surface area (Å²) in [7, 11) is -4.19. The molecule has 15 fully saturated rings. The van der Waals surface area contributed by atoms with Crippen LogP contribution in [0.5, 0.6) is 0 Å². The third-order valence-electron chi connectivity index (χ3n) is 21.9. The van der Waals surface area contributed by atoms with E-state index in [0.717, 1.165) is 64.0 Å². The lowest BCUT2D eigenvalue weighted by molar-refractivity contribution is -0.571. The fraction of sp³-hybridized carbons (Fsp3) is 0.946. The zero-order chi connectivity index (χ0) is 55.2. The highest BCUT2D eigenvalue weighted by Gasteiger charge is 2.72. The summed E-state index contributed by atoms with van der Waals surface area (Å²) in [5.74, 6) is -4.56. The van der Waals surface area contributed by atoms with E-state index in [-0.39, 0.29) is 72.5 Å². The van der Waals surface area contributed by atoms with Gasteiger partial charge in [0, 0.05) is 37.0 Å². The van der Waals surface area contributed by atoms with Crippen molar-refractivity contribution in [2.24, 2.45) is 71.0 Å². The lowest BCUT2D eigenvalue weighted by atomic mass is 9.57. The fourth-order valence-electron chi connectivity index (χ4n) is 17.6. The smallest absolute Gasteiger partial charge is 0.308 e. The molecule has 0 aromatic heterocycles. The molecule has 24 atom stereocenters. The van der Waals surface area contributed by atoms with Crippen LogP contribution >= 0.6 is 0 Å². The summed E-state index contributed by atoms with van der Waals surface area (Å²) < 4.78 is 87.3. The standard InChI is InChI=1S/C56H85NO20S/c1-29-11-14-38-32(4)41(66-47-54(38)35(29)17-20-50(7,69-47)72-75-54)23-44(58)63-26-53(57-78(10,61)62,27-64-45(59)24-42-33(5)39-15-12-30(2)36-18-21-51(8)70-48(67-42)55(36,39)76-73-51)28-65-46(60)25-43-34(6)40-16-13-31(3)37-19-22-52(9)71-49(68-43)56(37,40)77-74-52/h29-43,47-49,57H,11-28H2,1-10H3/t29-,30-,31-,32-,33-,34-,35+,36+,37+,38+,39+,40+,41?,42?,43?,47-,48-,49-,50-,51-,52-,53?,54-,55-,56-/m1/s1. The van der Waals surface area contributed by atoms with Gasteiger partial charge in [-0.2, -0.15) is 4.72 Å². The maximum absolute atomic E-state index is 14.3. The van der Waals surface area contributed by atoms with Crippen LogP contribution < -0.4 is 4.72 Å². The van der Waals surface area contributed by atoms with Crippen LogP contribution in [0, 0.1) is 71.0 Å². The van der Waals surface area contributed by atoms with Crippen molar-refractivity contribution >= 4 is 27.9 Å². The predicted molar refractivity (Wildman–Crippen MR) is 268 cm³/mol. The number of esters is 3. The first kappa shape index (κ1) is 56.3. The molecule has 6 bridgehead atoms. The summed E-state index contributed by atoms with van der Waals surface area (Å²) in [5.41, 5.74) is -4.54. The minimum atomic E-state index is -4.19. The predicted octanol–water partition coefficient (Wildman–Crippen LogP) is 6.83. The van der Waals surface area contributed by atoms with Gasteiger partial charge in [0.15, 0.2) is 35.7 Å². The first-order valence-corrected chi connectivity index (χ1v) is 31.3. The molecule has 0 radical (unpaired) electrons. The van der Waals surface area contributed by atoms with Crippen molar-refractivity contribution < 1.29 is 94.8 Å². The number of carbonyl (C=O) groups is 3. The van der Waals surface area contributed by atoms with Crippen LogP contribution in [-0.4, -0.2) is 129 Å². The van der Waals surface area contributed by atoms with Crippen molar-refractivity contribution in [2.75, 3.05) is 26.1 Å². The summed E-state index contributed by atoms with van der Waals surface area (Å²) in [5, 5.41) is 0. The molecular formula is C56H85NO20S. The van der Waals surface area contributed by atoms with Crippen LogP contribution in [0.2, 0.25) is 0 Å². The third-order valence-corrected chi connectivity index (χ3v) is 22.7. The minimum Gasteiger partial charge on any atom is -0.463 e. The van der Waals surface area contributed by atoms with Gasteiger partial charge in [-0.15, -0.1) is 0 Å². The molecule has 3 unspecified atom stereocenters. The van der Waals surface area contributed by atoms with E-state index >= 15 is 0 Å². The number of ether oxygens (including phenoxy) is 9. The Balaban J connectivity index is 0.770.